The summed E-state index contributed by atoms with van der Waals surface area (Å²) in [5.41, 5.74) is 2.08. The minimum absolute atomic E-state index is 0.103. The van der Waals surface area contributed by atoms with Gasteiger partial charge in [-0.2, -0.15) is 0 Å². The lowest BCUT2D eigenvalue weighted by molar-refractivity contribution is 0.490. The fourth-order valence-corrected chi connectivity index (χ4v) is 2.10. The molecule has 3 heteroatoms. The Morgan fingerprint density at radius 1 is 0.895 bits per heavy atom. The molecule has 3 aromatic rings. The molecule has 19 heavy (non-hydrogen) atoms. The second kappa shape index (κ2) is 5.06. The Balaban J connectivity index is 1.89. The fraction of sp³-hybridized carbons (Fsp3) is 0.125. The lowest BCUT2D eigenvalue weighted by Gasteiger charge is -2.15. The molecule has 0 aliphatic carbocycles. The number of furan rings is 2. The van der Waals surface area contributed by atoms with Gasteiger partial charge in [0.15, 0.2) is 0 Å². The maximum Gasteiger partial charge on any atom is 0.135 e. The van der Waals surface area contributed by atoms with Gasteiger partial charge in [0, 0.05) is 11.3 Å². The summed E-state index contributed by atoms with van der Waals surface area (Å²) in [6.45, 7) is 2.07. The molecule has 0 bridgehead atoms. The van der Waals surface area contributed by atoms with Gasteiger partial charge in [-0.05, 0) is 43.3 Å². The number of rotatable bonds is 4. The van der Waals surface area contributed by atoms with E-state index < -0.39 is 0 Å². The van der Waals surface area contributed by atoms with E-state index in [1.54, 1.807) is 12.5 Å². The Labute approximate surface area is 111 Å². The summed E-state index contributed by atoms with van der Waals surface area (Å²) in [6, 6.07) is 15.9. The first-order chi connectivity index (χ1) is 9.34. The largest absolute Gasteiger partial charge is 0.467 e. The van der Waals surface area contributed by atoms with E-state index >= 15 is 0 Å². The Hall–Kier alpha value is -2.42. The molecule has 0 amide bonds. The topological polar surface area (TPSA) is 38.3 Å². The monoisotopic (exact) mass is 253 g/mol. The molecule has 2 aromatic heterocycles. The molecule has 0 aliphatic rings. The standard InChI is InChI=1S/C16H15NO2/c1-12(15-8-4-10-18-15)17-14-7-3-2-6-13(14)16-9-5-11-19-16/h2-12,17H,1H3. The molecule has 3 nitrogen and oxygen atoms in total. The Morgan fingerprint density at radius 3 is 2.42 bits per heavy atom. The number of para-hydroxylation sites is 1. The quantitative estimate of drug-likeness (QED) is 0.731. The molecule has 1 atom stereocenters. The highest BCUT2D eigenvalue weighted by Gasteiger charge is 2.12. The van der Waals surface area contributed by atoms with E-state index in [1.807, 2.05) is 48.5 Å². The zero-order valence-electron chi connectivity index (χ0n) is 10.7. The first-order valence-corrected chi connectivity index (χ1v) is 6.27. The fourth-order valence-electron chi connectivity index (χ4n) is 2.10. The van der Waals surface area contributed by atoms with Crippen LogP contribution in [0.2, 0.25) is 0 Å². The summed E-state index contributed by atoms with van der Waals surface area (Å²) in [5.74, 6) is 1.77. The van der Waals surface area contributed by atoms with Crippen LogP contribution in [0.15, 0.2) is 69.9 Å². The molecule has 1 unspecified atom stereocenters. The van der Waals surface area contributed by atoms with Crippen LogP contribution in [0, 0.1) is 0 Å². The number of hydrogen-bond donors (Lipinski definition) is 1. The highest BCUT2D eigenvalue weighted by molar-refractivity contribution is 5.74. The molecule has 0 saturated heterocycles. The summed E-state index contributed by atoms with van der Waals surface area (Å²) in [5, 5.41) is 3.45. The number of nitrogens with one attached hydrogen (secondary N) is 1. The lowest BCUT2D eigenvalue weighted by atomic mass is 10.1. The number of hydrogen-bond acceptors (Lipinski definition) is 3. The molecule has 1 aromatic carbocycles. The van der Waals surface area contributed by atoms with Crippen molar-refractivity contribution in [1.29, 1.82) is 0 Å². The van der Waals surface area contributed by atoms with E-state index in [2.05, 4.69) is 12.2 Å². The average Bonchev–Trinajstić information content (AvgIpc) is 3.13. The average molecular weight is 253 g/mol. The van der Waals surface area contributed by atoms with Gasteiger partial charge >= 0.3 is 0 Å². The van der Waals surface area contributed by atoms with Crippen LogP contribution >= 0.6 is 0 Å². The van der Waals surface area contributed by atoms with Crippen LogP contribution in [0.3, 0.4) is 0 Å². The second-order valence-corrected chi connectivity index (χ2v) is 4.40. The lowest BCUT2D eigenvalue weighted by Crippen LogP contribution is -2.06. The van der Waals surface area contributed by atoms with Crippen molar-refractivity contribution >= 4 is 5.69 Å². The van der Waals surface area contributed by atoms with Crippen molar-refractivity contribution in [1.82, 2.24) is 0 Å². The van der Waals surface area contributed by atoms with Crippen molar-refractivity contribution in [3.63, 3.8) is 0 Å². The summed E-state index contributed by atoms with van der Waals surface area (Å²) >= 11 is 0. The van der Waals surface area contributed by atoms with Crippen LogP contribution in [-0.2, 0) is 0 Å². The molecule has 0 saturated carbocycles. The molecular formula is C16H15NO2. The minimum atomic E-state index is 0.103. The summed E-state index contributed by atoms with van der Waals surface area (Å²) in [7, 11) is 0. The van der Waals surface area contributed by atoms with Crippen LogP contribution in [-0.4, -0.2) is 0 Å². The van der Waals surface area contributed by atoms with E-state index in [0.717, 1.165) is 22.8 Å². The van der Waals surface area contributed by atoms with Gasteiger partial charge in [0.25, 0.3) is 0 Å². The zero-order valence-corrected chi connectivity index (χ0v) is 10.7. The van der Waals surface area contributed by atoms with E-state index in [-0.39, 0.29) is 6.04 Å². The van der Waals surface area contributed by atoms with Crippen LogP contribution < -0.4 is 5.32 Å². The summed E-state index contributed by atoms with van der Waals surface area (Å²) in [4.78, 5) is 0. The minimum Gasteiger partial charge on any atom is -0.467 e. The zero-order chi connectivity index (χ0) is 13.1. The smallest absolute Gasteiger partial charge is 0.135 e. The van der Waals surface area contributed by atoms with Gasteiger partial charge in [0.05, 0.1) is 18.6 Å². The molecule has 0 spiro atoms. The maximum atomic E-state index is 5.47. The third kappa shape index (κ3) is 2.40. The Kier molecular flexibility index (Phi) is 3.11. The first-order valence-electron chi connectivity index (χ1n) is 6.27. The molecule has 0 aliphatic heterocycles. The van der Waals surface area contributed by atoms with Gasteiger partial charge in [-0.25, -0.2) is 0 Å². The number of anilines is 1. The van der Waals surface area contributed by atoms with Crippen molar-refractivity contribution in [2.45, 2.75) is 13.0 Å². The first kappa shape index (κ1) is 11.7. The predicted octanol–water partition coefficient (Wildman–Crippen LogP) is 4.71. The van der Waals surface area contributed by atoms with Crippen LogP contribution in [0.5, 0.6) is 0 Å². The highest BCUT2D eigenvalue weighted by atomic mass is 16.3. The van der Waals surface area contributed by atoms with E-state index in [1.165, 1.54) is 0 Å². The van der Waals surface area contributed by atoms with Crippen LogP contribution in [0.4, 0.5) is 5.69 Å². The third-order valence-corrected chi connectivity index (χ3v) is 3.06. The van der Waals surface area contributed by atoms with Gasteiger partial charge in [0.2, 0.25) is 0 Å². The highest BCUT2D eigenvalue weighted by Crippen LogP contribution is 2.30. The molecule has 0 radical (unpaired) electrons. The van der Waals surface area contributed by atoms with E-state index in [9.17, 15) is 0 Å². The molecule has 3 rings (SSSR count). The third-order valence-electron chi connectivity index (χ3n) is 3.06. The SMILES string of the molecule is CC(Nc1ccccc1-c1ccco1)c1ccco1. The van der Waals surface area contributed by atoms with E-state index in [4.69, 9.17) is 8.83 Å². The number of benzene rings is 1. The second-order valence-electron chi connectivity index (χ2n) is 4.40. The van der Waals surface area contributed by atoms with Gasteiger partial charge in [0.1, 0.15) is 11.5 Å². The Morgan fingerprint density at radius 2 is 1.68 bits per heavy atom. The summed E-state index contributed by atoms with van der Waals surface area (Å²) < 4.78 is 10.9. The Bertz CT molecular complexity index is 627. The van der Waals surface area contributed by atoms with Crippen LogP contribution in [0.1, 0.15) is 18.7 Å². The van der Waals surface area contributed by atoms with Gasteiger partial charge in [-0.1, -0.05) is 12.1 Å². The molecular weight excluding hydrogens is 238 g/mol. The van der Waals surface area contributed by atoms with Gasteiger partial charge in [-0.3, -0.25) is 0 Å². The van der Waals surface area contributed by atoms with Gasteiger partial charge in [-0.15, -0.1) is 0 Å². The van der Waals surface area contributed by atoms with Crippen molar-refractivity contribution in [2.75, 3.05) is 5.32 Å². The van der Waals surface area contributed by atoms with Crippen molar-refractivity contribution in [3.05, 3.63) is 66.8 Å². The van der Waals surface area contributed by atoms with Crippen molar-refractivity contribution < 1.29 is 8.83 Å². The summed E-state index contributed by atoms with van der Waals surface area (Å²) in [6.07, 6.45) is 3.37. The molecule has 1 N–H and O–H groups in total. The van der Waals surface area contributed by atoms with E-state index in [0.29, 0.717) is 0 Å². The molecule has 2 heterocycles. The molecule has 0 fully saturated rings. The van der Waals surface area contributed by atoms with Crippen molar-refractivity contribution in [3.8, 4) is 11.3 Å². The normalized spacial score (nSPS) is 12.3. The predicted molar refractivity (Wildman–Crippen MR) is 74.9 cm³/mol. The van der Waals surface area contributed by atoms with Crippen molar-refractivity contribution in [2.24, 2.45) is 0 Å². The van der Waals surface area contributed by atoms with Gasteiger partial charge < -0.3 is 14.2 Å². The van der Waals surface area contributed by atoms with Crippen LogP contribution in [0.25, 0.3) is 11.3 Å². The maximum absolute atomic E-state index is 5.47. The molecule has 96 valence electrons.